The van der Waals surface area contributed by atoms with Crippen LogP contribution in [0, 0.1) is 11.8 Å². The van der Waals surface area contributed by atoms with Crippen molar-refractivity contribution in [3.63, 3.8) is 0 Å². The third-order valence-corrected chi connectivity index (χ3v) is 2.52. The fourth-order valence-electron chi connectivity index (χ4n) is 1.66. The standard InChI is InChI=1S/C11H11N3O3/c1-7-4-3-5-14-10(7)12-8(11(14)13-16)6-9(15)17-2/h3-5H,6H2,1-2H3. The summed E-state index contributed by atoms with van der Waals surface area (Å²) >= 11 is 0. The number of hydrogen-bond donors (Lipinski definition) is 0. The van der Waals surface area contributed by atoms with Crippen LogP contribution in [0.1, 0.15) is 11.3 Å². The van der Waals surface area contributed by atoms with E-state index in [4.69, 9.17) is 0 Å². The monoisotopic (exact) mass is 233 g/mol. The number of nitrogens with zero attached hydrogens (tertiary/aromatic N) is 3. The van der Waals surface area contributed by atoms with Gasteiger partial charge in [-0.05, 0) is 23.7 Å². The SMILES string of the molecule is COC(=O)Cc1nc2c(C)cccn2c1N=O. The summed E-state index contributed by atoms with van der Waals surface area (Å²) in [7, 11) is 1.29. The molecular weight excluding hydrogens is 222 g/mol. The first-order valence-corrected chi connectivity index (χ1v) is 5.04. The molecule has 88 valence electrons. The topological polar surface area (TPSA) is 73.0 Å². The number of nitroso groups, excluding NO2 is 1. The van der Waals surface area contributed by atoms with E-state index >= 15 is 0 Å². The van der Waals surface area contributed by atoms with Crippen LogP contribution in [0.4, 0.5) is 5.82 Å². The average Bonchev–Trinajstić information content (AvgIpc) is 2.68. The van der Waals surface area contributed by atoms with Crippen LogP contribution in [0.3, 0.4) is 0 Å². The summed E-state index contributed by atoms with van der Waals surface area (Å²) in [6.07, 6.45) is 1.63. The van der Waals surface area contributed by atoms with Gasteiger partial charge in [-0.15, -0.1) is 4.91 Å². The summed E-state index contributed by atoms with van der Waals surface area (Å²) in [4.78, 5) is 26.3. The Labute approximate surface area is 97.2 Å². The largest absolute Gasteiger partial charge is 0.469 e. The van der Waals surface area contributed by atoms with Gasteiger partial charge in [-0.1, -0.05) is 6.07 Å². The van der Waals surface area contributed by atoms with Gasteiger partial charge < -0.3 is 4.74 Å². The lowest BCUT2D eigenvalue weighted by molar-refractivity contribution is -0.139. The number of aromatic nitrogens is 2. The van der Waals surface area contributed by atoms with E-state index in [9.17, 15) is 9.70 Å². The number of hydrogen-bond acceptors (Lipinski definition) is 5. The van der Waals surface area contributed by atoms with Crippen LogP contribution in [0.5, 0.6) is 0 Å². The van der Waals surface area contributed by atoms with Crippen LogP contribution in [0.25, 0.3) is 5.65 Å². The van der Waals surface area contributed by atoms with Crippen LogP contribution in [0.15, 0.2) is 23.5 Å². The Morgan fingerprint density at radius 3 is 3.00 bits per heavy atom. The molecule has 2 aromatic rings. The van der Waals surface area contributed by atoms with Gasteiger partial charge in [0.25, 0.3) is 0 Å². The van der Waals surface area contributed by atoms with Crippen molar-refractivity contribution in [1.82, 2.24) is 9.38 Å². The lowest BCUT2D eigenvalue weighted by atomic mass is 10.3. The second-order valence-electron chi connectivity index (χ2n) is 3.61. The van der Waals surface area contributed by atoms with Crippen molar-refractivity contribution < 1.29 is 9.53 Å². The smallest absolute Gasteiger partial charge is 0.311 e. The number of aryl methyl sites for hydroxylation is 1. The molecule has 0 aliphatic rings. The van der Waals surface area contributed by atoms with Gasteiger partial charge in [-0.2, -0.15) is 0 Å². The summed E-state index contributed by atoms with van der Waals surface area (Å²) < 4.78 is 6.12. The number of carbonyl (C=O) groups is 1. The zero-order valence-corrected chi connectivity index (χ0v) is 9.51. The van der Waals surface area contributed by atoms with Crippen molar-refractivity contribution in [2.24, 2.45) is 5.18 Å². The lowest BCUT2D eigenvalue weighted by Crippen LogP contribution is -2.04. The maximum Gasteiger partial charge on any atom is 0.311 e. The van der Waals surface area contributed by atoms with Gasteiger partial charge in [0.05, 0.1) is 13.5 Å². The van der Waals surface area contributed by atoms with E-state index in [0.717, 1.165) is 5.56 Å². The first kappa shape index (κ1) is 11.3. The van der Waals surface area contributed by atoms with Crippen LogP contribution in [0.2, 0.25) is 0 Å². The minimum atomic E-state index is -0.448. The minimum Gasteiger partial charge on any atom is -0.469 e. The molecule has 0 atom stereocenters. The Balaban J connectivity index is 2.59. The molecule has 0 aliphatic heterocycles. The van der Waals surface area contributed by atoms with Crippen molar-refractivity contribution in [3.05, 3.63) is 34.5 Å². The van der Waals surface area contributed by atoms with Gasteiger partial charge in [0, 0.05) is 6.20 Å². The fourth-order valence-corrected chi connectivity index (χ4v) is 1.66. The number of esters is 1. The molecule has 0 fully saturated rings. The molecule has 0 unspecified atom stereocenters. The lowest BCUT2D eigenvalue weighted by Gasteiger charge is -1.96. The summed E-state index contributed by atoms with van der Waals surface area (Å²) in [5.74, 6) is -0.301. The van der Waals surface area contributed by atoms with Crippen LogP contribution in [-0.2, 0) is 16.0 Å². The number of rotatable bonds is 3. The zero-order valence-electron chi connectivity index (χ0n) is 9.51. The Morgan fingerprint density at radius 2 is 2.35 bits per heavy atom. The molecule has 0 radical (unpaired) electrons. The van der Waals surface area contributed by atoms with Crippen molar-refractivity contribution >= 4 is 17.4 Å². The number of fused-ring (bicyclic) bond motifs is 1. The molecule has 2 aromatic heterocycles. The summed E-state index contributed by atoms with van der Waals surface area (Å²) in [6, 6.07) is 3.67. The second-order valence-corrected chi connectivity index (χ2v) is 3.61. The third-order valence-electron chi connectivity index (χ3n) is 2.52. The van der Waals surface area contributed by atoms with Crippen LogP contribution in [-0.4, -0.2) is 22.5 Å². The van der Waals surface area contributed by atoms with Gasteiger partial charge >= 0.3 is 5.97 Å². The average molecular weight is 233 g/mol. The van der Waals surface area contributed by atoms with Crippen molar-refractivity contribution in [2.45, 2.75) is 13.3 Å². The van der Waals surface area contributed by atoms with Crippen LogP contribution < -0.4 is 0 Å². The molecule has 17 heavy (non-hydrogen) atoms. The Kier molecular flexibility index (Phi) is 2.86. The number of methoxy groups -OCH3 is 1. The molecule has 0 aliphatic carbocycles. The highest BCUT2D eigenvalue weighted by Gasteiger charge is 2.17. The fraction of sp³-hybridized carbons (Fsp3) is 0.273. The Morgan fingerprint density at radius 1 is 1.59 bits per heavy atom. The molecule has 6 heteroatoms. The van der Waals surface area contributed by atoms with E-state index in [1.165, 1.54) is 7.11 Å². The second kappa shape index (κ2) is 4.32. The molecule has 0 spiro atoms. The first-order chi connectivity index (χ1) is 8.17. The molecule has 0 saturated carbocycles. The maximum absolute atomic E-state index is 11.2. The summed E-state index contributed by atoms with van der Waals surface area (Å²) in [6.45, 7) is 1.87. The molecule has 2 heterocycles. The van der Waals surface area contributed by atoms with Crippen molar-refractivity contribution in [3.8, 4) is 0 Å². The normalized spacial score (nSPS) is 10.5. The maximum atomic E-state index is 11.2. The molecule has 6 nitrogen and oxygen atoms in total. The first-order valence-electron chi connectivity index (χ1n) is 5.04. The van der Waals surface area contributed by atoms with E-state index in [0.29, 0.717) is 11.3 Å². The highest BCUT2D eigenvalue weighted by molar-refractivity contribution is 5.74. The van der Waals surface area contributed by atoms with E-state index in [1.54, 1.807) is 16.7 Å². The minimum absolute atomic E-state index is 0.0569. The summed E-state index contributed by atoms with van der Waals surface area (Å²) in [5.41, 5.74) is 1.87. The quantitative estimate of drug-likeness (QED) is 0.598. The van der Waals surface area contributed by atoms with E-state index in [1.807, 2.05) is 13.0 Å². The molecular formula is C11H11N3O3. The van der Waals surface area contributed by atoms with Gasteiger partial charge in [-0.25, -0.2) is 4.98 Å². The highest BCUT2D eigenvalue weighted by atomic mass is 16.5. The summed E-state index contributed by atoms with van der Waals surface area (Å²) in [5, 5.41) is 2.93. The number of pyridine rings is 1. The van der Waals surface area contributed by atoms with Crippen molar-refractivity contribution in [1.29, 1.82) is 0 Å². The van der Waals surface area contributed by atoms with Crippen molar-refractivity contribution in [2.75, 3.05) is 7.11 Å². The van der Waals surface area contributed by atoms with Gasteiger partial charge in [0.15, 0.2) is 0 Å². The molecule has 0 aromatic carbocycles. The Hall–Kier alpha value is -2.24. The molecule has 0 amide bonds. The predicted molar refractivity (Wildman–Crippen MR) is 61.1 cm³/mol. The van der Waals surface area contributed by atoms with E-state index < -0.39 is 5.97 Å². The van der Waals surface area contributed by atoms with Crippen LogP contribution >= 0.6 is 0 Å². The van der Waals surface area contributed by atoms with E-state index in [-0.39, 0.29) is 12.2 Å². The van der Waals surface area contributed by atoms with Gasteiger partial charge in [0.1, 0.15) is 11.3 Å². The number of carbonyl (C=O) groups excluding carboxylic acids is 1. The molecule has 2 rings (SSSR count). The Bertz CT molecular complexity index is 589. The van der Waals surface area contributed by atoms with Gasteiger partial charge in [-0.3, -0.25) is 9.20 Å². The molecule has 0 saturated heterocycles. The third kappa shape index (κ3) is 1.89. The molecule has 0 bridgehead atoms. The number of imidazole rings is 1. The zero-order chi connectivity index (χ0) is 12.4. The number of ether oxygens (including phenoxy) is 1. The van der Waals surface area contributed by atoms with E-state index in [2.05, 4.69) is 14.9 Å². The molecule has 0 N–H and O–H groups in total. The van der Waals surface area contributed by atoms with Gasteiger partial charge in [0.2, 0.25) is 5.82 Å². The predicted octanol–water partition coefficient (Wildman–Crippen LogP) is 1.76. The highest BCUT2D eigenvalue weighted by Crippen LogP contribution is 2.23.